The molecule has 4 heteroatoms. The van der Waals surface area contributed by atoms with Gasteiger partial charge >= 0.3 is 0 Å². The zero-order valence-electron chi connectivity index (χ0n) is 10.6. The van der Waals surface area contributed by atoms with Crippen molar-refractivity contribution < 1.29 is 10.0 Å². The summed E-state index contributed by atoms with van der Waals surface area (Å²) in [5.74, 6) is 0.661. The molecule has 0 heterocycles. The quantitative estimate of drug-likeness (QED) is 0.560. The maximum absolute atomic E-state index is 11.1. The van der Waals surface area contributed by atoms with Gasteiger partial charge < -0.3 is 10.5 Å². The Morgan fingerprint density at radius 3 is 2.62 bits per heavy atom. The average Bonchev–Trinajstić information content (AvgIpc) is 2.15. The molecule has 0 bridgehead atoms. The summed E-state index contributed by atoms with van der Waals surface area (Å²) in [6.45, 7) is 7.65. The van der Waals surface area contributed by atoms with Gasteiger partial charge in [-0.25, -0.2) is 0 Å². The van der Waals surface area contributed by atoms with E-state index in [-0.39, 0.29) is 17.4 Å². The second-order valence-corrected chi connectivity index (χ2v) is 5.43. The molecule has 0 spiro atoms. The Kier molecular flexibility index (Phi) is 3.94. The highest BCUT2D eigenvalue weighted by Crippen LogP contribution is 2.33. The van der Waals surface area contributed by atoms with Crippen LogP contribution in [0.15, 0.2) is 5.16 Å². The van der Waals surface area contributed by atoms with Crippen LogP contribution < -0.4 is 5.32 Å². The molecule has 1 rings (SSSR count). The van der Waals surface area contributed by atoms with Gasteiger partial charge in [0, 0.05) is 18.4 Å². The number of amides is 1. The topological polar surface area (TPSA) is 61.7 Å². The van der Waals surface area contributed by atoms with Crippen LogP contribution in [0.5, 0.6) is 0 Å². The molecule has 16 heavy (non-hydrogen) atoms. The van der Waals surface area contributed by atoms with Gasteiger partial charge in [-0.05, 0) is 39.0 Å². The van der Waals surface area contributed by atoms with Crippen molar-refractivity contribution in [1.82, 2.24) is 5.32 Å². The summed E-state index contributed by atoms with van der Waals surface area (Å²) in [6, 6.07) is 0. The Labute approximate surface area is 97.1 Å². The fourth-order valence-electron chi connectivity index (χ4n) is 2.65. The second-order valence-electron chi connectivity index (χ2n) is 5.43. The number of nitrogens with one attached hydrogen (secondary N) is 1. The van der Waals surface area contributed by atoms with Crippen LogP contribution in [-0.2, 0) is 4.79 Å². The highest BCUT2D eigenvalue weighted by molar-refractivity contribution is 5.89. The van der Waals surface area contributed by atoms with Gasteiger partial charge in [0.2, 0.25) is 5.91 Å². The highest BCUT2D eigenvalue weighted by Gasteiger charge is 2.37. The number of carbonyl (C=O) groups is 1. The molecular weight excluding hydrogens is 204 g/mol. The molecule has 92 valence electrons. The first-order chi connectivity index (χ1) is 7.36. The second kappa shape index (κ2) is 4.85. The van der Waals surface area contributed by atoms with Gasteiger partial charge in [0.1, 0.15) is 0 Å². The summed E-state index contributed by atoms with van der Waals surface area (Å²) >= 11 is 0. The minimum Gasteiger partial charge on any atom is -0.411 e. The minimum atomic E-state index is -0.340. The Balaban J connectivity index is 2.81. The van der Waals surface area contributed by atoms with E-state index in [2.05, 4.69) is 17.4 Å². The number of hydrogen-bond acceptors (Lipinski definition) is 3. The first-order valence-electron chi connectivity index (χ1n) is 5.86. The van der Waals surface area contributed by atoms with Crippen molar-refractivity contribution >= 4 is 11.6 Å². The molecule has 1 aliphatic rings. The van der Waals surface area contributed by atoms with Crippen LogP contribution in [0.1, 0.15) is 47.0 Å². The van der Waals surface area contributed by atoms with E-state index in [0.29, 0.717) is 5.92 Å². The zero-order valence-corrected chi connectivity index (χ0v) is 10.6. The Morgan fingerprint density at radius 2 is 2.12 bits per heavy atom. The van der Waals surface area contributed by atoms with Crippen molar-refractivity contribution in [2.75, 3.05) is 0 Å². The van der Waals surface area contributed by atoms with E-state index >= 15 is 0 Å². The van der Waals surface area contributed by atoms with Crippen LogP contribution in [0.4, 0.5) is 0 Å². The SMILES string of the molecule is CC(=O)NC(C)(C)[C@@H]1CC[C@@H](C)CC1=NO. The predicted octanol–water partition coefficient (Wildman–Crippen LogP) is 2.17. The Bertz CT molecular complexity index is 297. The van der Waals surface area contributed by atoms with Crippen molar-refractivity contribution in [3.63, 3.8) is 0 Å². The molecule has 0 aromatic carbocycles. The number of carbonyl (C=O) groups excluding carboxylic acids is 1. The third kappa shape index (κ3) is 2.97. The van der Waals surface area contributed by atoms with Gasteiger partial charge in [0.25, 0.3) is 0 Å². The summed E-state index contributed by atoms with van der Waals surface area (Å²) < 4.78 is 0. The summed E-state index contributed by atoms with van der Waals surface area (Å²) in [7, 11) is 0. The van der Waals surface area contributed by atoms with Gasteiger partial charge in [0.15, 0.2) is 0 Å². The molecule has 0 aliphatic heterocycles. The third-order valence-electron chi connectivity index (χ3n) is 3.41. The van der Waals surface area contributed by atoms with E-state index < -0.39 is 0 Å². The lowest BCUT2D eigenvalue weighted by molar-refractivity contribution is -0.120. The van der Waals surface area contributed by atoms with Crippen molar-refractivity contribution in [2.24, 2.45) is 17.0 Å². The van der Waals surface area contributed by atoms with Gasteiger partial charge in [-0.3, -0.25) is 4.79 Å². The predicted molar refractivity (Wildman–Crippen MR) is 63.6 cm³/mol. The summed E-state index contributed by atoms with van der Waals surface area (Å²) in [5, 5.41) is 15.4. The smallest absolute Gasteiger partial charge is 0.217 e. The van der Waals surface area contributed by atoms with E-state index in [4.69, 9.17) is 5.21 Å². The van der Waals surface area contributed by atoms with Crippen molar-refractivity contribution in [3.05, 3.63) is 0 Å². The largest absolute Gasteiger partial charge is 0.411 e. The Hall–Kier alpha value is -1.06. The van der Waals surface area contributed by atoms with Crippen molar-refractivity contribution in [2.45, 2.75) is 52.5 Å². The maximum Gasteiger partial charge on any atom is 0.217 e. The van der Waals surface area contributed by atoms with Crippen LogP contribution >= 0.6 is 0 Å². The molecule has 2 atom stereocenters. The molecule has 4 nitrogen and oxygen atoms in total. The lowest BCUT2D eigenvalue weighted by Crippen LogP contribution is -2.52. The summed E-state index contributed by atoms with van der Waals surface area (Å²) in [4.78, 5) is 11.1. The van der Waals surface area contributed by atoms with Gasteiger partial charge in [-0.2, -0.15) is 0 Å². The lowest BCUT2D eigenvalue weighted by Gasteiger charge is -2.39. The molecule has 2 N–H and O–H groups in total. The van der Waals surface area contributed by atoms with Crippen molar-refractivity contribution in [1.29, 1.82) is 0 Å². The number of rotatable bonds is 2. The molecule has 0 radical (unpaired) electrons. The average molecular weight is 226 g/mol. The Morgan fingerprint density at radius 1 is 1.50 bits per heavy atom. The molecule has 1 fully saturated rings. The van der Waals surface area contributed by atoms with Crippen LogP contribution in [0.3, 0.4) is 0 Å². The number of hydrogen-bond donors (Lipinski definition) is 2. The summed E-state index contributed by atoms with van der Waals surface area (Å²) in [6.07, 6.45) is 2.91. The van der Waals surface area contributed by atoms with E-state index in [1.807, 2.05) is 13.8 Å². The minimum absolute atomic E-state index is 0.0408. The van der Waals surface area contributed by atoms with E-state index in [1.54, 1.807) is 0 Å². The molecule has 1 saturated carbocycles. The van der Waals surface area contributed by atoms with Gasteiger partial charge in [0.05, 0.1) is 5.71 Å². The monoisotopic (exact) mass is 226 g/mol. The maximum atomic E-state index is 11.1. The van der Waals surface area contributed by atoms with Crippen LogP contribution in [0.2, 0.25) is 0 Å². The standard InChI is InChI=1S/C12H22N2O2/c1-8-5-6-10(11(7-8)14-16)12(3,4)13-9(2)15/h8,10,16H,5-7H2,1-4H3,(H,13,15)/t8-,10-/m1/s1. The summed E-state index contributed by atoms with van der Waals surface area (Å²) in [5.41, 5.74) is 0.477. The van der Waals surface area contributed by atoms with E-state index in [9.17, 15) is 4.79 Å². The molecule has 0 unspecified atom stereocenters. The van der Waals surface area contributed by atoms with Crippen LogP contribution in [0.25, 0.3) is 0 Å². The first kappa shape index (κ1) is 13.0. The van der Waals surface area contributed by atoms with Gasteiger partial charge in [-0.15, -0.1) is 0 Å². The van der Waals surface area contributed by atoms with Gasteiger partial charge in [-0.1, -0.05) is 12.1 Å². The molecule has 0 aromatic heterocycles. The molecule has 0 aromatic rings. The normalized spacial score (nSPS) is 29.1. The molecule has 0 saturated heterocycles. The molecule has 1 aliphatic carbocycles. The van der Waals surface area contributed by atoms with Crippen LogP contribution in [-0.4, -0.2) is 22.4 Å². The lowest BCUT2D eigenvalue weighted by atomic mass is 9.72. The molecular formula is C12H22N2O2. The fourth-order valence-corrected chi connectivity index (χ4v) is 2.65. The van der Waals surface area contributed by atoms with E-state index in [1.165, 1.54) is 6.92 Å². The van der Waals surface area contributed by atoms with E-state index in [0.717, 1.165) is 25.0 Å². The molecule has 1 amide bonds. The third-order valence-corrected chi connectivity index (χ3v) is 3.41. The van der Waals surface area contributed by atoms with Crippen molar-refractivity contribution in [3.8, 4) is 0 Å². The fraction of sp³-hybridized carbons (Fsp3) is 0.833. The van der Waals surface area contributed by atoms with Crippen LogP contribution in [0, 0.1) is 11.8 Å². The number of oxime groups is 1. The number of nitrogens with zero attached hydrogens (tertiary/aromatic N) is 1. The zero-order chi connectivity index (χ0) is 12.3. The highest BCUT2D eigenvalue weighted by atomic mass is 16.4. The first-order valence-corrected chi connectivity index (χ1v) is 5.86.